The number of nitrogens with zero attached hydrogens (tertiary/aromatic N) is 1. The highest BCUT2D eigenvalue weighted by molar-refractivity contribution is 5.85. The standard InChI is InChI=1S/C13H24N2O2.ClH/c1-11-4-3-9-15(11)12(16)13(10-17-2)5-7-14-8-6-13;/h11,14H,3-10H2,1-2H3;1H. The molecule has 2 aliphatic rings. The van der Waals surface area contributed by atoms with Crippen LogP contribution in [0.5, 0.6) is 0 Å². The molecule has 1 N–H and O–H groups in total. The van der Waals surface area contributed by atoms with Crippen molar-refractivity contribution in [2.24, 2.45) is 5.41 Å². The summed E-state index contributed by atoms with van der Waals surface area (Å²) < 4.78 is 5.33. The topological polar surface area (TPSA) is 41.6 Å². The Balaban J connectivity index is 0.00000162. The van der Waals surface area contributed by atoms with E-state index in [1.54, 1.807) is 7.11 Å². The van der Waals surface area contributed by atoms with Gasteiger partial charge in [0.2, 0.25) is 5.91 Å². The number of amides is 1. The second kappa shape index (κ2) is 6.73. The SMILES string of the molecule is COCC1(C(=O)N2CCCC2C)CCNCC1.Cl. The fourth-order valence-electron chi connectivity index (χ4n) is 3.14. The lowest BCUT2D eigenvalue weighted by Gasteiger charge is -2.39. The van der Waals surface area contributed by atoms with E-state index >= 15 is 0 Å². The van der Waals surface area contributed by atoms with Crippen LogP contribution in [0.3, 0.4) is 0 Å². The average Bonchev–Trinajstić information content (AvgIpc) is 2.76. The van der Waals surface area contributed by atoms with Gasteiger partial charge >= 0.3 is 0 Å². The van der Waals surface area contributed by atoms with Crippen molar-refractivity contribution in [3.05, 3.63) is 0 Å². The average molecular weight is 277 g/mol. The minimum Gasteiger partial charge on any atom is -0.384 e. The summed E-state index contributed by atoms with van der Waals surface area (Å²) in [6.45, 7) is 5.51. The van der Waals surface area contributed by atoms with E-state index < -0.39 is 0 Å². The lowest BCUT2D eigenvalue weighted by molar-refractivity contribution is -0.148. The smallest absolute Gasteiger partial charge is 0.231 e. The zero-order valence-electron chi connectivity index (χ0n) is 11.4. The molecule has 2 aliphatic heterocycles. The molecule has 0 aromatic heterocycles. The predicted molar refractivity (Wildman–Crippen MR) is 74.1 cm³/mol. The Hall–Kier alpha value is -0.320. The van der Waals surface area contributed by atoms with Gasteiger partial charge in [-0.2, -0.15) is 0 Å². The van der Waals surface area contributed by atoms with Crippen LogP contribution in [-0.4, -0.2) is 50.2 Å². The molecule has 0 aliphatic carbocycles. The van der Waals surface area contributed by atoms with Crippen LogP contribution < -0.4 is 5.32 Å². The number of methoxy groups -OCH3 is 1. The highest BCUT2D eigenvalue weighted by Gasteiger charge is 2.44. The first kappa shape index (κ1) is 15.7. The number of ether oxygens (including phenoxy) is 1. The van der Waals surface area contributed by atoms with Gasteiger partial charge in [0.1, 0.15) is 0 Å². The quantitative estimate of drug-likeness (QED) is 0.848. The lowest BCUT2D eigenvalue weighted by Crippen LogP contribution is -2.52. The number of hydrogen-bond acceptors (Lipinski definition) is 3. The molecule has 0 spiro atoms. The molecule has 1 amide bonds. The maximum Gasteiger partial charge on any atom is 0.231 e. The van der Waals surface area contributed by atoms with Crippen LogP contribution in [0.2, 0.25) is 0 Å². The van der Waals surface area contributed by atoms with Crippen LogP contribution >= 0.6 is 12.4 Å². The van der Waals surface area contributed by atoms with E-state index in [4.69, 9.17) is 4.74 Å². The zero-order chi connectivity index (χ0) is 12.3. The minimum absolute atomic E-state index is 0. The third kappa shape index (κ3) is 2.98. The molecule has 4 nitrogen and oxygen atoms in total. The van der Waals surface area contributed by atoms with Gasteiger partial charge in [-0.1, -0.05) is 0 Å². The Labute approximate surface area is 116 Å². The van der Waals surface area contributed by atoms with E-state index in [0.29, 0.717) is 18.6 Å². The van der Waals surface area contributed by atoms with Crippen LogP contribution in [-0.2, 0) is 9.53 Å². The molecule has 1 unspecified atom stereocenters. The molecule has 0 aromatic rings. The Bertz CT molecular complexity index is 275. The van der Waals surface area contributed by atoms with Crippen LogP contribution in [0.1, 0.15) is 32.6 Å². The van der Waals surface area contributed by atoms with Crippen molar-refractivity contribution >= 4 is 18.3 Å². The van der Waals surface area contributed by atoms with E-state index in [2.05, 4.69) is 17.1 Å². The number of rotatable bonds is 3. The molecule has 0 saturated carbocycles. The van der Waals surface area contributed by atoms with Crippen molar-refractivity contribution in [3.8, 4) is 0 Å². The molecule has 18 heavy (non-hydrogen) atoms. The second-order valence-corrected chi connectivity index (χ2v) is 5.45. The Morgan fingerprint density at radius 3 is 2.61 bits per heavy atom. The third-order valence-electron chi connectivity index (χ3n) is 4.25. The maximum absolute atomic E-state index is 12.7. The Morgan fingerprint density at radius 1 is 1.44 bits per heavy atom. The summed E-state index contributed by atoms with van der Waals surface area (Å²) in [5.74, 6) is 0.325. The molecular formula is C13H25ClN2O2. The van der Waals surface area contributed by atoms with E-state index in [1.165, 1.54) is 0 Å². The second-order valence-electron chi connectivity index (χ2n) is 5.45. The summed E-state index contributed by atoms with van der Waals surface area (Å²) >= 11 is 0. The molecule has 2 rings (SSSR count). The predicted octanol–water partition coefficient (Wildman–Crippen LogP) is 1.44. The summed E-state index contributed by atoms with van der Waals surface area (Å²) in [5, 5.41) is 3.33. The largest absolute Gasteiger partial charge is 0.384 e. The number of carbonyl (C=O) groups is 1. The summed E-state index contributed by atoms with van der Waals surface area (Å²) in [7, 11) is 1.70. The number of carbonyl (C=O) groups excluding carboxylic acids is 1. The number of hydrogen-bond donors (Lipinski definition) is 1. The zero-order valence-corrected chi connectivity index (χ0v) is 12.2. The van der Waals surface area contributed by atoms with Crippen LogP contribution in [0.4, 0.5) is 0 Å². The molecule has 106 valence electrons. The van der Waals surface area contributed by atoms with Crippen LogP contribution in [0.15, 0.2) is 0 Å². The van der Waals surface area contributed by atoms with E-state index in [9.17, 15) is 4.79 Å². The molecule has 1 atom stereocenters. The van der Waals surface area contributed by atoms with Crippen molar-refractivity contribution in [1.82, 2.24) is 10.2 Å². The Kier molecular flexibility index (Phi) is 5.89. The summed E-state index contributed by atoms with van der Waals surface area (Å²) in [4.78, 5) is 14.8. The molecule has 2 saturated heterocycles. The van der Waals surface area contributed by atoms with Gasteiger partial charge < -0.3 is 15.0 Å². The highest BCUT2D eigenvalue weighted by Crippen LogP contribution is 2.34. The van der Waals surface area contributed by atoms with E-state index in [0.717, 1.165) is 45.3 Å². The monoisotopic (exact) mass is 276 g/mol. The molecule has 5 heteroatoms. The molecule has 2 heterocycles. The van der Waals surface area contributed by atoms with Crippen molar-refractivity contribution in [2.75, 3.05) is 33.4 Å². The van der Waals surface area contributed by atoms with E-state index in [1.807, 2.05) is 0 Å². The molecule has 0 bridgehead atoms. The molecular weight excluding hydrogens is 252 g/mol. The first-order valence-corrected chi connectivity index (χ1v) is 6.70. The highest BCUT2D eigenvalue weighted by atomic mass is 35.5. The van der Waals surface area contributed by atoms with Crippen molar-refractivity contribution in [3.63, 3.8) is 0 Å². The molecule has 0 radical (unpaired) electrons. The van der Waals surface area contributed by atoms with Crippen molar-refractivity contribution in [1.29, 1.82) is 0 Å². The summed E-state index contributed by atoms with van der Waals surface area (Å²) in [6.07, 6.45) is 4.10. The number of piperidine rings is 1. The van der Waals surface area contributed by atoms with Gasteiger partial charge in [0.05, 0.1) is 12.0 Å². The van der Waals surface area contributed by atoms with Crippen molar-refractivity contribution in [2.45, 2.75) is 38.6 Å². The number of nitrogens with one attached hydrogen (secondary N) is 1. The fraction of sp³-hybridized carbons (Fsp3) is 0.923. The van der Waals surface area contributed by atoms with Gasteiger partial charge in [0.25, 0.3) is 0 Å². The first-order valence-electron chi connectivity index (χ1n) is 6.70. The summed E-state index contributed by atoms with van der Waals surface area (Å²) in [5.41, 5.74) is -0.265. The van der Waals surface area contributed by atoms with Gasteiger partial charge in [0.15, 0.2) is 0 Å². The van der Waals surface area contributed by atoms with Gasteiger partial charge in [-0.15, -0.1) is 12.4 Å². The fourth-order valence-corrected chi connectivity index (χ4v) is 3.14. The van der Waals surface area contributed by atoms with Gasteiger partial charge in [-0.3, -0.25) is 4.79 Å². The number of likely N-dealkylation sites (tertiary alicyclic amines) is 1. The van der Waals surface area contributed by atoms with Gasteiger partial charge in [-0.25, -0.2) is 0 Å². The van der Waals surface area contributed by atoms with E-state index in [-0.39, 0.29) is 17.8 Å². The Morgan fingerprint density at radius 2 is 2.11 bits per heavy atom. The lowest BCUT2D eigenvalue weighted by atomic mass is 9.78. The maximum atomic E-state index is 12.7. The molecule has 2 fully saturated rings. The third-order valence-corrected chi connectivity index (χ3v) is 4.25. The first-order chi connectivity index (χ1) is 8.19. The minimum atomic E-state index is -0.265. The number of halogens is 1. The van der Waals surface area contributed by atoms with Crippen LogP contribution in [0.25, 0.3) is 0 Å². The normalized spacial score (nSPS) is 26.8. The molecule has 0 aromatic carbocycles. The van der Waals surface area contributed by atoms with Crippen LogP contribution in [0, 0.1) is 5.41 Å². The van der Waals surface area contributed by atoms with Crippen molar-refractivity contribution < 1.29 is 9.53 Å². The van der Waals surface area contributed by atoms with Gasteiger partial charge in [-0.05, 0) is 45.7 Å². The van der Waals surface area contributed by atoms with Gasteiger partial charge in [0, 0.05) is 19.7 Å². The summed E-state index contributed by atoms with van der Waals surface area (Å²) in [6, 6.07) is 0.408.